The lowest BCUT2D eigenvalue weighted by Gasteiger charge is -2.25. The molecule has 0 bridgehead atoms. The number of amidine groups is 1. The Balaban J connectivity index is 2.21. The first-order chi connectivity index (χ1) is 9.43. The van der Waals surface area contributed by atoms with Crippen LogP contribution in [0.4, 0.5) is 10.1 Å². The summed E-state index contributed by atoms with van der Waals surface area (Å²) in [6.07, 6.45) is 3.27. The number of hydrogen-bond donors (Lipinski definition) is 2. The van der Waals surface area contributed by atoms with Crippen LogP contribution in [-0.2, 0) is 0 Å². The van der Waals surface area contributed by atoms with E-state index in [-0.39, 0.29) is 11.7 Å². The highest BCUT2D eigenvalue weighted by molar-refractivity contribution is 5.97. The van der Waals surface area contributed by atoms with Gasteiger partial charge in [0.1, 0.15) is 5.82 Å². The largest absolute Gasteiger partial charge is 0.409 e. The van der Waals surface area contributed by atoms with Crippen LogP contribution >= 0.6 is 0 Å². The maximum absolute atomic E-state index is 14.2. The van der Waals surface area contributed by atoms with E-state index >= 15 is 0 Å². The Labute approximate surface area is 119 Å². The Bertz CT molecular complexity index is 514. The molecule has 2 rings (SSSR count). The van der Waals surface area contributed by atoms with E-state index in [4.69, 9.17) is 10.9 Å². The molecule has 3 N–H and O–H groups in total. The summed E-state index contributed by atoms with van der Waals surface area (Å²) in [5.74, 6) is -0.402. The number of rotatable bonds is 2. The molecule has 0 atom stereocenters. The Morgan fingerprint density at radius 2 is 2.10 bits per heavy atom. The fourth-order valence-electron chi connectivity index (χ4n) is 2.64. The van der Waals surface area contributed by atoms with Gasteiger partial charge < -0.3 is 15.8 Å². The quantitative estimate of drug-likeness (QED) is 0.379. The van der Waals surface area contributed by atoms with Crippen molar-refractivity contribution in [1.29, 1.82) is 0 Å². The third-order valence-electron chi connectivity index (χ3n) is 4.03. The summed E-state index contributed by atoms with van der Waals surface area (Å²) in [5.41, 5.74) is 6.78. The molecule has 0 unspecified atom stereocenters. The highest BCUT2D eigenvalue weighted by Crippen LogP contribution is 2.32. The second-order valence-electron chi connectivity index (χ2n) is 6.16. The first-order valence-electron chi connectivity index (χ1n) is 6.95. The SMILES string of the molecule is CC1(C)CCCN(c2ccc(C(N)=NO)cc2F)CC1. The molecule has 1 fully saturated rings. The van der Waals surface area contributed by atoms with Gasteiger partial charge >= 0.3 is 0 Å². The average Bonchev–Trinajstić information content (AvgIpc) is 2.59. The van der Waals surface area contributed by atoms with Crippen LogP contribution in [0, 0.1) is 11.2 Å². The molecule has 0 amide bonds. The second kappa shape index (κ2) is 5.69. The van der Waals surface area contributed by atoms with E-state index in [1.165, 1.54) is 6.07 Å². The molecule has 0 saturated carbocycles. The Kier molecular flexibility index (Phi) is 4.16. The zero-order valence-electron chi connectivity index (χ0n) is 12.1. The van der Waals surface area contributed by atoms with Crippen molar-refractivity contribution in [3.63, 3.8) is 0 Å². The van der Waals surface area contributed by atoms with Gasteiger partial charge in [0.15, 0.2) is 5.84 Å². The van der Waals surface area contributed by atoms with Crippen LogP contribution in [0.5, 0.6) is 0 Å². The van der Waals surface area contributed by atoms with Crippen molar-refractivity contribution in [3.05, 3.63) is 29.6 Å². The number of halogens is 1. The second-order valence-corrected chi connectivity index (χ2v) is 6.16. The van der Waals surface area contributed by atoms with E-state index in [1.54, 1.807) is 12.1 Å². The van der Waals surface area contributed by atoms with Gasteiger partial charge in [-0.2, -0.15) is 0 Å². The zero-order chi connectivity index (χ0) is 14.8. The minimum Gasteiger partial charge on any atom is -0.409 e. The van der Waals surface area contributed by atoms with Crippen LogP contribution in [-0.4, -0.2) is 24.1 Å². The number of hydrogen-bond acceptors (Lipinski definition) is 3. The van der Waals surface area contributed by atoms with Gasteiger partial charge in [-0.1, -0.05) is 19.0 Å². The van der Waals surface area contributed by atoms with Crippen LogP contribution in [0.3, 0.4) is 0 Å². The van der Waals surface area contributed by atoms with Crippen LogP contribution < -0.4 is 10.6 Å². The molecule has 0 aliphatic carbocycles. The first kappa shape index (κ1) is 14.6. The first-order valence-corrected chi connectivity index (χ1v) is 6.95. The lowest BCUT2D eigenvalue weighted by Crippen LogP contribution is -2.26. The average molecular weight is 279 g/mol. The van der Waals surface area contributed by atoms with Gasteiger partial charge in [0.2, 0.25) is 0 Å². The molecule has 0 spiro atoms. The van der Waals surface area contributed by atoms with Crippen molar-refractivity contribution in [1.82, 2.24) is 0 Å². The standard InChI is InChI=1S/C15H22FN3O/c1-15(2)6-3-8-19(9-7-15)13-5-4-11(10-12(13)16)14(17)18-20/h4-5,10,20H,3,6-9H2,1-2H3,(H2,17,18). The molecule has 20 heavy (non-hydrogen) atoms. The number of benzene rings is 1. The normalized spacial score (nSPS) is 19.8. The molecule has 0 aromatic heterocycles. The van der Waals surface area contributed by atoms with E-state index in [9.17, 15) is 4.39 Å². The number of anilines is 1. The maximum atomic E-state index is 14.2. The monoisotopic (exact) mass is 279 g/mol. The number of nitrogens with two attached hydrogens (primary N) is 1. The fraction of sp³-hybridized carbons (Fsp3) is 0.533. The third kappa shape index (κ3) is 3.21. The van der Waals surface area contributed by atoms with Crippen molar-refractivity contribution < 1.29 is 9.60 Å². The summed E-state index contributed by atoms with van der Waals surface area (Å²) in [5, 5.41) is 11.5. The molecule has 1 aromatic rings. The number of oxime groups is 1. The van der Waals surface area contributed by atoms with Gasteiger partial charge in [0.25, 0.3) is 0 Å². The topological polar surface area (TPSA) is 61.8 Å². The maximum Gasteiger partial charge on any atom is 0.170 e. The Morgan fingerprint density at radius 1 is 1.35 bits per heavy atom. The molecule has 1 aliphatic rings. The molecule has 110 valence electrons. The van der Waals surface area contributed by atoms with E-state index in [0.717, 1.165) is 32.4 Å². The van der Waals surface area contributed by atoms with Crippen molar-refractivity contribution in [2.45, 2.75) is 33.1 Å². The van der Waals surface area contributed by atoms with Crippen LogP contribution in [0.25, 0.3) is 0 Å². The molecular formula is C15H22FN3O. The molecule has 5 heteroatoms. The van der Waals surface area contributed by atoms with Crippen molar-refractivity contribution in [3.8, 4) is 0 Å². The summed E-state index contributed by atoms with van der Waals surface area (Å²) in [7, 11) is 0. The van der Waals surface area contributed by atoms with E-state index < -0.39 is 0 Å². The molecule has 0 radical (unpaired) electrons. The third-order valence-corrected chi connectivity index (χ3v) is 4.03. The van der Waals surface area contributed by atoms with Crippen LogP contribution in [0.15, 0.2) is 23.4 Å². The highest BCUT2D eigenvalue weighted by Gasteiger charge is 2.24. The predicted octanol–water partition coefficient (Wildman–Crippen LogP) is 2.94. The summed E-state index contributed by atoms with van der Waals surface area (Å²) in [6, 6.07) is 4.71. The molecule has 1 aromatic carbocycles. The predicted molar refractivity (Wildman–Crippen MR) is 78.8 cm³/mol. The molecule has 1 saturated heterocycles. The lowest BCUT2D eigenvalue weighted by molar-refractivity contribution is 0.318. The Hall–Kier alpha value is -1.78. The van der Waals surface area contributed by atoms with E-state index in [2.05, 4.69) is 23.9 Å². The molecule has 4 nitrogen and oxygen atoms in total. The highest BCUT2D eigenvalue weighted by atomic mass is 19.1. The van der Waals surface area contributed by atoms with Crippen LogP contribution in [0.1, 0.15) is 38.7 Å². The molecule has 1 heterocycles. The minimum absolute atomic E-state index is 0.0764. The van der Waals surface area contributed by atoms with Gasteiger partial charge in [0, 0.05) is 18.7 Å². The van der Waals surface area contributed by atoms with Gasteiger partial charge in [0.05, 0.1) is 5.69 Å². The molecule has 1 aliphatic heterocycles. The summed E-state index contributed by atoms with van der Waals surface area (Å²) in [6.45, 7) is 6.23. The van der Waals surface area contributed by atoms with Gasteiger partial charge in [-0.15, -0.1) is 0 Å². The summed E-state index contributed by atoms with van der Waals surface area (Å²) < 4.78 is 14.2. The van der Waals surface area contributed by atoms with E-state index in [0.29, 0.717) is 16.7 Å². The van der Waals surface area contributed by atoms with Crippen molar-refractivity contribution in [2.75, 3.05) is 18.0 Å². The Morgan fingerprint density at radius 3 is 2.75 bits per heavy atom. The van der Waals surface area contributed by atoms with Crippen molar-refractivity contribution >= 4 is 11.5 Å². The molecular weight excluding hydrogens is 257 g/mol. The smallest absolute Gasteiger partial charge is 0.170 e. The summed E-state index contributed by atoms with van der Waals surface area (Å²) >= 11 is 0. The lowest BCUT2D eigenvalue weighted by atomic mass is 9.85. The van der Waals surface area contributed by atoms with Crippen LogP contribution in [0.2, 0.25) is 0 Å². The fourth-order valence-corrected chi connectivity index (χ4v) is 2.64. The zero-order valence-corrected chi connectivity index (χ0v) is 12.1. The van der Waals surface area contributed by atoms with Gasteiger partial charge in [-0.05, 0) is 42.9 Å². The van der Waals surface area contributed by atoms with Gasteiger partial charge in [-0.25, -0.2) is 4.39 Å². The van der Waals surface area contributed by atoms with E-state index in [1.807, 2.05) is 0 Å². The van der Waals surface area contributed by atoms with Crippen molar-refractivity contribution in [2.24, 2.45) is 16.3 Å². The number of nitrogens with zero attached hydrogens (tertiary/aromatic N) is 2. The minimum atomic E-state index is -0.325. The summed E-state index contributed by atoms with van der Waals surface area (Å²) in [4.78, 5) is 2.08. The van der Waals surface area contributed by atoms with Gasteiger partial charge in [-0.3, -0.25) is 0 Å².